The van der Waals surface area contributed by atoms with Crippen LogP contribution in [0.2, 0.25) is 0 Å². The van der Waals surface area contributed by atoms with Crippen LogP contribution in [-0.4, -0.2) is 37.6 Å². The van der Waals surface area contributed by atoms with Gasteiger partial charge < -0.3 is 10.2 Å². The van der Waals surface area contributed by atoms with Gasteiger partial charge in [-0.15, -0.1) is 0 Å². The minimum Gasteiger partial charge on any atom is -0.313 e. The van der Waals surface area contributed by atoms with Gasteiger partial charge in [-0.25, -0.2) is 0 Å². The maximum absolute atomic E-state index is 3.84. The van der Waals surface area contributed by atoms with E-state index in [1.807, 2.05) is 0 Å². The van der Waals surface area contributed by atoms with Gasteiger partial charge in [0.1, 0.15) is 0 Å². The molecule has 0 amide bonds. The molecule has 2 fully saturated rings. The van der Waals surface area contributed by atoms with E-state index in [9.17, 15) is 0 Å². The van der Waals surface area contributed by atoms with E-state index in [4.69, 9.17) is 0 Å². The van der Waals surface area contributed by atoms with Crippen molar-refractivity contribution < 1.29 is 0 Å². The largest absolute Gasteiger partial charge is 0.313 e. The van der Waals surface area contributed by atoms with Crippen LogP contribution in [-0.2, 0) is 0 Å². The highest BCUT2D eigenvalue weighted by atomic mass is 15.1. The summed E-state index contributed by atoms with van der Waals surface area (Å²) in [5.74, 6) is 0.884. The van der Waals surface area contributed by atoms with Gasteiger partial charge in [0, 0.05) is 12.6 Å². The molecule has 2 nitrogen and oxygen atoms in total. The number of hydrogen-bond acceptors (Lipinski definition) is 2. The Morgan fingerprint density at radius 2 is 2.06 bits per heavy atom. The molecule has 2 heteroatoms. The molecule has 94 valence electrons. The van der Waals surface area contributed by atoms with Crippen molar-refractivity contribution in [3.63, 3.8) is 0 Å². The van der Waals surface area contributed by atoms with Crippen LogP contribution in [0, 0.1) is 11.3 Å². The zero-order chi connectivity index (χ0) is 11.6. The Balaban J connectivity index is 1.74. The minimum absolute atomic E-state index is 0.528. The highest BCUT2D eigenvalue weighted by Crippen LogP contribution is 2.37. The molecule has 2 aliphatic rings. The highest BCUT2D eigenvalue weighted by Gasteiger charge is 2.34. The van der Waals surface area contributed by atoms with Gasteiger partial charge in [0.25, 0.3) is 0 Å². The van der Waals surface area contributed by atoms with Crippen molar-refractivity contribution in [1.82, 2.24) is 10.2 Å². The maximum Gasteiger partial charge on any atom is 0.0118 e. The summed E-state index contributed by atoms with van der Waals surface area (Å²) in [6.07, 6.45) is 7.00. The third-order valence-corrected chi connectivity index (χ3v) is 4.63. The summed E-state index contributed by atoms with van der Waals surface area (Å²) in [4.78, 5) is 2.48. The fourth-order valence-electron chi connectivity index (χ4n) is 3.45. The first kappa shape index (κ1) is 12.4. The van der Waals surface area contributed by atoms with Crippen LogP contribution in [0.5, 0.6) is 0 Å². The third kappa shape index (κ3) is 2.98. The number of rotatable bonds is 3. The summed E-state index contributed by atoms with van der Waals surface area (Å²) in [5, 5.41) is 3.84. The maximum atomic E-state index is 3.84. The molecule has 0 bridgehead atoms. The predicted octanol–water partition coefficient (Wildman–Crippen LogP) is 2.50. The van der Waals surface area contributed by atoms with Crippen molar-refractivity contribution in [1.29, 1.82) is 0 Å². The molecule has 1 saturated carbocycles. The van der Waals surface area contributed by atoms with Crippen molar-refractivity contribution in [2.45, 2.75) is 52.0 Å². The first-order valence-corrected chi connectivity index (χ1v) is 7.00. The molecule has 1 aliphatic heterocycles. The average Bonchev–Trinajstić information content (AvgIpc) is 2.55. The average molecular weight is 224 g/mol. The number of nitrogens with zero attached hydrogens (tertiary/aromatic N) is 1. The number of likely N-dealkylation sites (tertiary alicyclic amines) is 1. The van der Waals surface area contributed by atoms with E-state index < -0.39 is 0 Å². The molecule has 0 spiro atoms. The topological polar surface area (TPSA) is 15.3 Å². The van der Waals surface area contributed by atoms with Crippen LogP contribution in [0.25, 0.3) is 0 Å². The molecule has 0 aromatic carbocycles. The Kier molecular flexibility index (Phi) is 3.91. The second-order valence-electron chi connectivity index (χ2n) is 6.61. The van der Waals surface area contributed by atoms with Crippen LogP contribution in [0.15, 0.2) is 0 Å². The third-order valence-electron chi connectivity index (χ3n) is 4.63. The molecule has 16 heavy (non-hydrogen) atoms. The first-order chi connectivity index (χ1) is 7.58. The summed E-state index contributed by atoms with van der Waals surface area (Å²) in [6.45, 7) is 8.67. The molecule has 1 saturated heterocycles. The number of hydrogen-bond donors (Lipinski definition) is 1. The Morgan fingerprint density at radius 3 is 2.69 bits per heavy atom. The van der Waals surface area contributed by atoms with Crippen LogP contribution in [0.4, 0.5) is 0 Å². The van der Waals surface area contributed by atoms with E-state index in [0.29, 0.717) is 5.41 Å². The van der Waals surface area contributed by atoms with Gasteiger partial charge in [0.05, 0.1) is 0 Å². The second-order valence-corrected chi connectivity index (χ2v) is 6.61. The quantitative estimate of drug-likeness (QED) is 0.792. The van der Waals surface area contributed by atoms with Crippen LogP contribution >= 0.6 is 0 Å². The van der Waals surface area contributed by atoms with Crippen molar-refractivity contribution in [3.05, 3.63) is 0 Å². The zero-order valence-corrected chi connectivity index (χ0v) is 11.3. The van der Waals surface area contributed by atoms with Gasteiger partial charge in [-0.3, -0.25) is 0 Å². The molecule has 1 heterocycles. The zero-order valence-electron chi connectivity index (χ0n) is 11.3. The summed E-state index contributed by atoms with van der Waals surface area (Å²) in [7, 11) is 2.26. The van der Waals surface area contributed by atoms with Crippen molar-refractivity contribution in [2.24, 2.45) is 11.3 Å². The lowest BCUT2D eigenvalue weighted by Gasteiger charge is -2.33. The molecular formula is C14H28N2. The van der Waals surface area contributed by atoms with E-state index in [2.05, 4.69) is 31.1 Å². The van der Waals surface area contributed by atoms with E-state index >= 15 is 0 Å². The molecule has 2 rings (SSSR count). The SMILES string of the molecule is CN1CCCC(CNC2CCCC2(C)C)C1. The monoisotopic (exact) mass is 224 g/mol. The Hall–Kier alpha value is -0.0800. The fourth-order valence-corrected chi connectivity index (χ4v) is 3.45. The van der Waals surface area contributed by atoms with Crippen LogP contribution < -0.4 is 5.32 Å². The van der Waals surface area contributed by atoms with Crippen molar-refractivity contribution in [2.75, 3.05) is 26.7 Å². The Bertz CT molecular complexity index is 225. The predicted molar refractivity (Wildman–Crippen MR) is 69.6 cm³/mol. The number of piperidine rings is 1. The fraction of sp³-hybridized carbons (Fsp3) is 1.00. The van der Waals surface area contributed by atoms with Gasteiger partial charge in [-0.2, -0.15) is 0 Å². The van der Waals surface area contributed by atoms with Crippen LogP contribution in [0.1, 0.15) is 46.0 Å². The van der Waals surface area contributed by atoms with Crippen LogP contribution in [0.3, 0.4) is 0 Å². The summed E-state index contributed by atoms with van der Waals surface area (Å²) >= 11 is 0. The van der Waals surface area contributed by atoms with Gasteiger partial charge >= 0.3 is 0 Å². The molecule has 2 unspecified atom stereocenters. The Labute approximate surface area is 101 Å². The van der Waals surface area contributed by atoms with Gasteiger partial charge in [-0.1, -0.05) is 20.3 Å². The lowest BCUT2D eigenvalue weighted by molar-refractivity contribution is 0.190. The van der Waals surface area contributed by atoms with Gasteiger partial charge in [-0.05, 0) is 57.2 Å². The van der Waals surface area contributed by atoms with E-state index in [0.717, 1.165) is 12.0 Å². The lowest BCUT2D eigenvalue weighted by Crippen LogP contribution is -2.43. The lowest BCUT2D eigenvalue weighted by atomic mass is 9.87. The van der Waals surface area contributed by atoms with E-state index in [1.54, 1.807) is 0 Å². The van der Waals surface area contributed by atoms with E-state index in [1.165, 1.54) is 51.7 Å². The molecular weight excluding hydrogens is 196 g/mol. The van der Waals surface area contributed by atoms with E-state index in [-0.39, 0.29) is 0 Å². The van der Waals surface area contributed by atoms with Crippen molar-refractivity contribution >= 4 is 0 Å². The minimum atomic E-state index is 0.528. The molecule has 0 radical (unpaired) electrons. The first-order valence-electron chi connectivity index (χ1n) is 7.00. The summed E-state index contributed by atoms with van der Waals surface area (Å²) < 4.78 is 0. The summed E-state index contributed by atoms with van der Waals surface area (Å²) in [5.41, 5.74) is 0.528. The van der Waals surface area contributed by atoms with Gasteiger partial charge in [0.2, 0.25) is 0 Å². The second kappa shape index (κ2) is 5.05. The normalized spacial score (nSPS) is 35.4. The smallest absolute Gasteiger partial charge is 0.0118 e. The summed E-state index contributed by atoms with van der Waals surface area (Å²) in [6, 6.07) is 0.764. The molecule has 1 N–H and O–H groups in total. The molecule has 0 aromatic heterocycles. The highest BCUT2D eigenvalue weighted by molar-refractivity contribution is 4.90. The molecule has 2 atom stereocenters. The number of nitrogens with one attached hydrogen (secondary N) is 1. The standard InChI is InChI=1S/C14H28N2/c1-14(2)8-4-7-13(14)15-10-12-6-5-9-16(3)11-12/h12-13,15H,4-11H2,1-3H3. The van der Waals surface area contributed by atoms with Crippen molar-refractivity contribution in [3.8, 4) is 0 Å². The molecule has 1 aliphatic carbocycles. The Morgan fingerprint density at radius 1 is 1.25 bits per heavy atom. The van der Waals surface area contributed by atoms with Gasteiger partial charge in [0.15, 0.2) is 0 Å². The molecule has 0 aromatic rings.